The number of nitrogens with one attached hydrogen (secondary N) is 2. The van der Waals surface area contributed by atoms with Crippen LogP contribution in [0.25, 0.3) is 11.1 Å². The number of nitrogens with zero attached hydrogens (tertiary/aromatic N) is 4. The van der Waals surface area contributed by atoms with E-state index < -0.39 is 17.8 Å². The van der Waals surface area contributed by atoms with Crippen LogP contribution in [0.3, 0.4) is 0 Å². The van der Waals surface area contributed by atoms with Crippen LogP contribution in [0.5, 0.6) is 0 Å². The number of pyridine rings is 2. The molecule has 3 aromatic heterocycles. The van der Waals surface area contributed by atoms with Crippen molar-refractivity contribution in [2.75, 3.05) is 16.8 Å². The van der Waals surface area contributed by atoms with Crippen molar-refractivity contribution in [1.29, 1.82) is 0 Å². The minimum Gasteiger partial charge on any atom is -0.346 e. The standard InChI is InChI=1S/C21H21F3N6O/c1-13-25-8-6-17(27-13)28-18-10-14(5-7-26-18)15-11-19(29-20(31)12-15)30-9-3-2-4-16(30)21(22,23)24/h5-8,10-12,16H,2-4,9H2,1H3,(H,29,31)(H,25,26,27,28). The maximum Gasteiger partial charge on any atom is 0.408 e. The SMILES string of the molecule is Cc1nccc(Nc2cc(-c3cc(N4CCCCC4C(F)(F)F)[nH]c(=O)c3)ccn2)n1. The van der Waals surface area contributed by atoms with Gasteiger partial charge in [0.2, 0.25) is 5.56 Å². The first kappa shape index (κ1) is 20.8. The van der Waals surface area contributed by atoms with Crippen LogP contribution in [0.4, 0.5) is 30.6 Å². The molecule has 0 aliphatic carbocycles. The molecular weight excluding hydrogens is 409 g/mol. The molecule has 3 aromatic rings. The number of piperidine rings is 1. The minimum atomic E-state index is -4.36. The number of anilines is 3. The summed E-state index contributed by atoms with van der Waals surface area (Å²) in [5, 5.41) is 3.07. The first-order valence-electron chi connectivity index (χ1n) is 9.90. The van der Waals surface area contributed by atoms with Crippen LogP contribution in [-0.4, -0.2) is 38.7 Å². The molecule has 4 heterocycles. The molecule has 0 saturated carbocycles. The fourth-order valence-corrected chi connectivity index (χ4v) is 3.75. The average Bonchev–Trinajstić information content (AvgIpc) is 2.73. The average molecular weight is 430 g/mol. The molecule has 1 fully saturated rings. The highest BCUT2D eigenvalue weighted by Gasteiger charge is 2.44. The zero-order chi connectivity index (χ0) is 22.0. The molecule has 10 heteroatoms. The van der Waals surface area contributed by atoms with Crippen LogP contribution in [0.1, 0.15) is 25.1 Å². The molecule has 1 saturated heterocycles. The Morgan fingerprint density at radius 3 is 2.65 bits per heavy atom. The van der Waals surface area contributed by atoms with Crippen molar-refractivity contribution in [3.8, 4) is 11.1 Å². The van der Waals surface area contributed by atoms with Crippen LogP contribution < -0.4 is 15.8 Å². The van der Waals surface area contributed by atoms with Gasteiger partial charge in [0.05, 0.1) is 0 Å². The third kappa shape index (κ3) is 4.84. The Labute approximate surface area is 176 Å². The summed E-state index contributed by atoms with van der Waals surface area (Å²) in [7, 11) is 0. The van der Waals surface area contributed by atoms with Gasteiger partial charge in [-0.05, 0) is 61.6 Å². The van der Waals surface area contributed by atoms with Gasteiger partial charge in [0.15, 0.2) is 0 Å². The van der Waals surface area contributed by atoms with E-state index in [0.717, 1.165) is 0 Å². The van der Waals surface area contributed by atoms with Gasteiger partial charge in [0, 0.05) is 25.0 Å². The zero-order valence-corrected chi connectivity index (χ0v) is 16.8. The lowest BCUT2D eigenvalue weighted by Crippen LogP contribution is -2.49. The lowest BCUT2D eigenvalue weighted by atomic mass is 10.0. The fourth-order valence-electron chi connectivity index (χ4n) is 3.75. The molecule has 0 bridgehead atoms. The second-order valence-electron chi connectivity index (χ2n) is 7.41. The van der Waals surface area contributed by atoms with Crippen LogP contribution in [0, 0.1) is 6.92 Å². The van der Waals surface area contributed by atoms with Gasteiger partial charge in [0.25, 0.3) is 0 Å². The molecule has 31 heavy (non-hydrogen) atoms. The van der Waals surface area contributed by atoms with Crippen LogP contribution in [0.15, 0.2) is 47.5 Å². The summed E-state index contributed by atoms with van der Waals surface area (Å²) < 4.78 is 40.6. The Balaban J connectivity index is 1.66. The normalized spacial score (nSPS) is 16.9. The number of aryl methyl sites for hydroxylation is 1. The molecule has 1 atom stereocenters. The largest absolute Gasteiger partial charge is 0.408 e. The van der Waals surface area contributed by atoms with E-state index >= 15 is 0 Å². The van der Waals surface area contributed by atoms with Gasteiger partial charge in [-0.25, -0.2) is 15.0 Å². The van der Waals surface area contributed by atoms with Crippen LogP contribution in [0.2, 0.25) is 0 Å². The maximum atomic E-state index is 13.5. The van der Waals surface area contributed by atoms with Gasteiger partial charge in [0.1, 0.15) is 29.3 Å². The Morgan fingerprint density at radius 2 is 1.87 bits per heavy atom. The predicted molar refractivity (Wildman–Crippen MR) is 111 cm³/mol. The van der Waals surface area contributed by atoms with Crippen molar-refractivity contribution in [3.05, 3.63) is 58.9 Å². The van der Waals surface area contributed by atoms with Crippen molar-refractivity contribution in [1.82, 2.24) is 19.9 Å². The van der Waals surface area contributed by atoms with E-state index in [1.807, 2.05) is 0 Å². The number of rotatable bonds is 4. The van der Waals surface area contributed by atoms with Crippen molar-refractivity contribution in [2.24, 2.45) is 0 Å². The minimum absolute atomic E-state index is 0.0113. The zero-order valence-electron chi connectivity index (χ0n) is 16.8. The lowest BCUT2D eigenvalue weighted by molar-refractivity contribution is -0.152. The first-order valence-corrected chi connectivity index (χ1v) is 9.90. The number of hydrogen-bond acceptors (Lipinski definition) is 6. The molecule has 0 aromatic carbocycles. The van der Waals surface area contributed by atoms with Gasteiger partial charge < -0.3 is 15.2 Å². The van der Waals surface area contributed by atoms with E-state index in [-0.39, 0.29) is 18.8 Å². The van der Waals surface area contributed by atoms with E-state index in [4.69, 9.17) is 0 Å². The Morgan fingerprint density at radius 1 is 1.06 bits per heavy atom. The number of alkyl halides is 3. The van der Waals surface area contributed by atoms with Gasteiger partial charge in [-0.2, -0.15) is 13.2 Å². The number of aromatic nitrogens is 4. The summed E-state index contributed by atoms with van der Waals surface area (Å²) in [6.45, 7) is 2.00. The molecule has 162 valence electrons. The smallest absolute Gasteiger partial charge is 0.346 e. The topological polar surface area (TPSA) is 86.8 Å². The van der Waals surface area contributed by atoms with Crippen molar-refractivity contribution >= 4 is 17.5 Å². The van der Waals surface area contributed by atoms with Gasteiger partial charge in [-0.1, -0.05) is 0 Å². The van der Waals surface area contributed by atoms with Gasteiger partial charge in [-0.3, -0.25) is 4.79 Å². The Bertz CT molecular complexity index is 1130. The van der Waals surface area contributed by atoms with E-state index in [1.54, 1.807) is 43.6 Å². The number of aromatic amines is 1. The van der Waals surface area contributed by atoms with E-state index in [0.29, 0.717) is 41.4 Å². The van der Waals surface area contributed by atoms with Crippen LogP contribution >= 0.6 is 0 Å². The number of halogens is 3. The van der Waals surface area contributed by atoms with E-state index in [2.05, 4.69) is 25.3 Å². The summed E-state index contributed by atoms with van der Waals surface area (Å²) in [5.74, 6) is 1.82. The van der Waals surface area contributed by atoms with Crippen molar-refractivity contribution in [3.63, 3.8) is 0 Å². The third-order valence-electron chi connectivity index (χ3n) is 5.15. The summed E-state index contributed by atoms with van der Waals surface area (Å²) in [4.78, 5) is 28.7. The van der Waals surface area contributed by atoms with Crippen molar-refractivity contribution < 1.29 is 13.2 Å². The number of H-pyrrole nitrogens is 1. The highest BCUT2D eigenvalue weighted by Crippen LogP contribution is 2.35. The second kappa shape index (κ2) is 8.37. The van der Waals surface area contributed by atoms with Gasteiger partial charge >= 0.3 is 6.18 Å². The highest BCUT2D eigenvalue weighted by atomic mass is 19.4. The van der Waals surface area contributed by atoms with Crippen molar-refractivity contribution in [2.45, 2.75) is 38.4 Å². The number of hydrogen-bond donors (Lipinski definition) is 2. The molecule has 1 aliphatic rings. The molecule has 1 aliphatic heterocycles. The molecule has 0 spiro atoms. The third-order valence-corrected chi connectivity index (χ3v) is 5.15. The molecule has 2 N–H and O–H groups in total. The molecule has 0 radical (unpaired) electrons. The molecule has 4 rings (SSSR count). The fraction of sp³-hybridized carbons (Fsp3) is 0.333. The van der Waals surface area contributed by atoms with E-state index in [1.165, 1.54) is 11.0 Å². The quantitative estimate of drug-likeness (QED) is 0.645. The molecular formula is C21H21F3N6O. The predicted octanol–water partition coefficient (Wildman–Crippen LogP) is 4.20. The molecule has 7 nitrogen and oxygen atoms in total. The second-order valence-corrected chi connectivity index (χ2v) is 7.41. The molecule has 1 unspecified atom stereocenters. The van der Waals surface area contributed by atoms with E-state index in [9.17, 15) is 18.0 Å². The highest BCUT2D eigenvalue weighted by molar-refractivity contribution is 5.70. The summed E-state index contributed by atoms with van der Waals surface area (Å²) in [6, 6.07) is 6.45. The lowest BCUT2D eigenvalue weighted by Gasteiger charge is -2.38. The van der Waals surface area contributed by atoms with Crippen LogP contribution in [-0.2, 0) is 0 Å². The Kier molecular flexibility index (Phi) is 5.62. The Hall–Kier alpha value is -3.43. The monoisotopic (exact) mass is 430 g/mol. The summed E-state index contributed by atoms with van der Waals surface area (Å²) in [6.07, 6.45) is -0.0274. The summed E-state index contributed by atoms with van der Waals surface area (Å²) in [5.41, 5.74) is 0.697. The first-order chi connectivity index (χ1) is 14.8. The molecule has 0 amide bonds. The van der Waals surface area contributed by atoms with Gasteiger partial charge in [-0.15, -0.1) is 0 Å². The maximum absolute atomic E-state index is 13.5. The summed E-state index contributed by atoms with van der Waals surface area (Å²) >= 11 is 0.